The number of epoxide rings is 1. The topological polar surface area (TPSA) is 184 Å². The third-order valence-electron chi connectivity index (χ3n) is 8.12. The smallest absolute Gasteiger partial charge is 0.246 e. The van der Waals surface area contributed by atoms with Crippen LogP contribution in [0.25, 0.3) is 0 Å². The number of aliphatic hydroxyl groups is 1. The molecule has 3 amide bonds. The number of hydrogen-bond donors (Lipinski definition) is 4. The van der Waals surface area contributed by atoms with E-state index in [1.807, 2.05) is 11.0 Å². The Hall–Kier alpha value is -3.17. The average Bonchev–Trinajstić information content (AvgIpc) is 3.52. The van der Waals surface area contributed by atoms with E-state index in [1.165, 1.54) is 31.2 Å². The van der Waals surface area contributed by atoms with Crippen LogP contribution in [-0.4, -0.2) is 111 Å². The average molecular weight is 635 g/mol. The highest BCUT2D eigenvalue weighted by Crippen LogP contribution is 2.31. The fourth-order valence-corrected chi connectivity index (χ4v) is 5.89. The Morgan fingerprint density at radius 1 is 1.05 bits per heavy atom. The highest BCUT2D eigenvalue weighted by Gasteiger charge is 2.50. The molecule has 14 heteroatoms. The first kappa shape index (κ1) is 33.7. The molecule has 3 aliphatic rings. The zero-order valence-electron chi connectivity index (χ0n) is 25.3. The number of rotatable bonds is 14. The van der Waals surface area contributed by atoms with E-state index >= 15 is 0 Å². The van der Waals surface area contributed by atoms with Gasteiger partial charge in [-0.2, -0.15) is 0 Å². The lowest BCUT2D eigenvalue weighted by Gasteiger charge is -2.29. The number of aliphatic hydroxyl groups excluding tert-OH is 1. The molecule has 1 aromatic carbocycles. The van der Waals surface area contributed by atoms with Gasteiger partial charge in [0.2, 0.25) is 17.7 Å². The summed E-state index contributed by atoms with van der Waals surface area (Å²) in [6.45, 7) is 5.59. The van der Waals surface area contributed by atoms with Gasteiger partial charge in [-0.1, -0.05) is 23.8 Å². The quantitative estimate of drug-likeness (QED) is 0.158. The Morgan fingerprint density at radius 3 is 2.27 bits per heavy atom. The Kier molecular flexibility index (Phi) is 10.9. The fourth-order valence-electron chi connectivity index (χ4n) is 5.26. The number of sulfone groups is 1. The summed E-state index contributed by atoms with van der Waals surface area (Å²) >= 11 is 0. The van der Waals surface area contributed by atoms with E-state index in [2.05, 4.69) is 16.0 Å². The van der Waals surface area contributed by atoms with Crippen LogP contribution in [0.15, 0.2) is 40.8 Å². The lowest BCUT2D eigenvalue weighted by Crippen LogP contribution is -2.58. The number of nitrogens with zero attached hydrogens (tertiary/aromatic N) is 1. The normalized spacial score (nSPS) is 23.0. The molecule has 5 atom stereocenters. The number of hydrogen-bond acceptors (Lipinski definition) is 10. The van der Waals surface area contributed by atoms with Gasteiger partial charge in [-0.15, -0.1) is 0 Å². The van der Waals surface area contributed by atoms with Gasteiger partial charge in [-0.05, 0) is 57.2 Å². The molecular weight excluding hydrogens is 592 g/mol. The third kappa shape index (κ3) is 8.94. The summed E-state index contributed by atoms with van der Waals surface area (Å²) in [5, 5.41) is 19.2. The van der Waals surface area contributed by atoms with E-state index < -0.39 is 51.5 Å². The summed E-state index contributed by atoms with van der Waals surface area (Å²) in [5.41, 5.74) is 0.178. The van der Waals surface area contributed by atoms with E-state index in [9.17, 15) is 32.7 Å². The number of allylic oxidation sites excluding steroid dienone is 1. The van der Waals surface area contributed by atoms with Crippen molar-refractivity contribution in [2.75, 3.05) is 45.7 Å². The van der Waals surface area contributed by atoms with E-state index in [1.54, 1.807) is 6.92 Å². The number of morpholine rings is 1. The molecule has 4 N–H and O–H groups in total. The molecule has 242 valence electrons. The van der Waals surface area contributed by atoms with Crippen LogP contribution in [0.3, 0.4) is 0 Å². The number of ketones is 1. The predicted molar refractivity (Wildman–Crippen MR) is 159 cm³/mol. The van der Waals surface area contributed by atoms with Crippen LogP contribution in [0.4, 0.5) is 0 Å². The van der Waals surface area contributed by atoms with Crippen molar-refractivity contribution in [3.63, 3.8) is 0 Å². The molecule has 44 heavy (non-hydrogen) atoms. The number of carbonyl (C=O) groups excluding carboxylic acids is 4. The van der Waals surface area contributed by atoms with Crippen molar-refractivity contribution in [1.29, 1.82) is 0 Å². The lowest BCUT2D eigenvalue weighted by atomic mass is 9.93. The molecule has 4 rings (SSSR count). The van der Waals surface area contributed by atoms with Crippen LogP contribution in [-0.2, 0) is 38.5 Å². The Bertz CT molecular complexity index is 1370. The van der Waals surface area contributed by atoms with Crippen molar-refractivity contribution in [3.05, 3.63) is 41.5 Å². The van der Waals surface area contributed by atoms with Crippen LogP contribution in [0, 0.1) is 0 Å². The van der Waals surface area contributed by atoms with Gasteiger partial charge >= 0.3 is 0 Å². The Morgan fingerprint density at radius 2 is 1.70 bits per heavy atom. The van der Waals surface area contributed by atoms with Gasteiger partial charge in [0.05, 0.1) is 37.3 Å². The molecule has 1 aliphatic carbocycles. The van der Waals surface area contributed by atoms with Gasteiger partial charge in [0.1, 0.15) is 23.8 Å². The number of ether oxygens (including phenoxy) is 2. The maximum absolute atomic E-state index is 13.8. The van der Waals surface area contributed by atoms with Gasteiger partial charge < -0.3 is 30.5 Å². The molecule has 0 spiro atoms. The number of amides is 3. The minimum Gasteiger partial charge on any atom is -0.386 e. The summed E-state index contributed by atoms with van der Waals surface area (Å²) in [5.74, 6) is -2.24. The number of carbonyl (C=O) groups is 4. The van der Waals surface area contributed by atoms with Gasteiger partial charge in [-0.25, -0.2) is 8.42 Å². The van der Waals surface area contributed by atoms with E-state index in [-0.39, 0.29) is 41.7 Å². The van der Waals surface area contributed by atoms with Crippen LogP contribution < -0.4 is 16.0 Å². The van der Waals surface area contributed by atoms with Crippen molar-refractivity contribution in [2.24, 2.45) is 0 Å². The van der Waals surface area contributed by atoms with Gasteiger partial charge in [0.15, 0.2) is 15.6 Å². The van der Waals surface area contributed by atoms with Crippen LogP contribution in [0.2, 0.25) is 0 Å². The van der Waals surface area contributed by atoms with E-state index in [0.717, 1.165) is 31.1 Å². The van der Waals surface area contributed by atoms with E-state index in [0.29, 0.717) is 26.3 Å². The van der Waals surface area contributed by atoms with Crippen LogP contribution >= 0.6 is 0 Å². The summed E-state index contributed by atoms with van der Waals surface area (Å²) in [6, 6.07) is 1.71. The second-order valence-corrected chi connectivity index (χ2v) is 13.9. The molecule has 0 radical (unpaired) electrons. The molecule has 0 saturated carbocycles. The zero-order valence-corrected chi connectivity index (χ0v) is 26.2. The highest BCUT2D eigenvalue weighted by molar-refractivity contribution is 7.90. The predicted octanol–water partition coefficient (Wildman–Crippen LogP) is -0.212. The molecule has 0 aromatic heterocycles. The lowest BCUT2D eigenvalue weighted by molar-refractivity contribution is -0.136. The van der Waals surface area contributed by atoms with Crippen molar-refractivity contribution in [1.82, 2.24) is 20.9 Å². The highest BCUT2D eigenvalue weighted by atomic mass is 32.2. The fraction of sp³-hybridized carbons (Fsp3) is 0.600. The molecular formula is C30H42N4O9S. The van der Waals surface area contributed by atoms with Gasteiger partial charge in [0, 0.05) is 19.3 Å². The molecule has 2 aliphatic heterocycles. The first-order chi connectivity index (χ1) is 20.8. The number of nitrogens with one attached hydrogen (secondary N) is 3. The molecule has 2 fully saturated rings. The summed E-state index contributed by atoms with van der Waals surface area (Å²) in [6.07, 6.45) is 4.39. The van der Waals surface area contributed by atoms with E-state index in [4.69, 9.17) is 9.47 Å². The first-order valence-electron chi connectivity index (χ1n) is 14.8. The summed E-state index contributed by atoms with van der Waals surface area (Å²) < 4.78 is 34.5. The second kappa shape index (κ2) is 14.3. The molecule has 2 heterocycles. The maximum Gasteiger partial charge on any atom is 0.246 e. The third-order valence-corrected chi connectivity index (χ3v) is 9.25. The second-order valence-electron chi connectivity index (χ2n) is 11.9. The molecule has 5 unspecified atom stereocenters. The van der Waals surface area contributed by atoms with Crippen molar-refractivity contribution in [3.8, 4) is 0 Å². The molecule has 0 bridgehead atoms. The van der Waals surface area contributed by atoms with Crippen molar-refractivity contribution < 1.29 is 42.2 Å². The molecule has 1 aromatic rings. The molecule has 2 saturated heterocycles. The SMILES string of the molecule is CC(NC(=O)CN1CCOCC1)C(=O)NC(C(=O)NC(CC1=CCCC1)C(=O)C1(C)CO1)C(O)c1ccc(S(C)(=O)=O)cc1. The largest absolute Gasteiger partial charge is 0.386 e. The van der Waals surface area contributed by atoms with Gasteiger partial charge in [-0.3, -0.25) is 24.1 Å². The minimum absolute atomic E-state index is 0.0169. The summed E-state index contributed by atoms with van der Waals surface area (Å²) in [4.78, 5) is 54.8. The zero-order chi connectivity index (χ0) is 32.1. The first-order valence-corrected chi connectivity index (χ1v) is 16.7. The monoisotopic (exact) mass is 634 g/mol. The summed E-state index contributed by atoms with van der Waals surface area (Å²) in [7, 11) is -3.52. The van der Waals surface area contributed by atoms with Crippen LogP contribution in [0.1, 0.15) is 51.2 Å². The Balaban J connectivity index is 1.52. The van der Waals surface area contributed by atoms with Gasteiger partial charge in [0.25, 0.3) is 0 Å². The van der Waals surface area contributed by atoms with Crippen molar-refractivity contribution >= 4 is 33.3 Å². The standard InChI is InChI=1S/C30H42N4O9S/c1-19(31-24(35)17-34-12-14-42-15-13-34)28(38)33-25(26(36)21-8-10-22(11-9-21)44(3,40)41)29(39)32-23(16-20-6-4-5-7-20)27(37)30(2)18-43-30/h6,8-11,19,23,25-26,36H,4-5,7,12-18H2,1-3H3,(H,31,35)(H,32,39)(H,33,38). The number of benzene rings is 1. The minimum atomic E-state index is -3.52. The van der Waals surface area contributed by atoms with Crippen molar-refractivity contribution in [2.45, 2.75) is 74.3 Å². The molecule has 13 nitrogen and oxygen atoms in total. The van der Waals surface area contributed by atoms with Crippen LogP contribution in [0.5, 0.6) is 0 Å². The Labute approximate surface area is 257 Å². The maximum atomic E-state index is 13.8. The number of Topliss-reactive ketones (excluding diaryl/α,β-unsaturated/α-hetero) is 1.